The van der Waals surface area contributed by atoms with E-state index in [4.69, 9.17) is 0 Å². The summed E-state index contributed by atoms with van der Waals surface area (Å²) in [6, 6.07) is 2.17. The highest BCUT2D eigenvalue weighted by molar-refractivity contribution is 5.10. The van der Waals surface area contributed by atoms with E-state index in [0.29, 0.717) is 6.54 Å². The molecule has 0 atom stereocenters. The van der Waals surface area contributed by atoms with Gasteiger partial charge in [-0.05, 0) is 32.3 Å². The Balaban J connectivity index is 1.87. The van der Waals surface area contributed by atoms with Gasteiger partial charge in [0.15, 0.2) is 0 Å². The fourth-order valence-corrected chi connectivity index (χ4v) is 3.09. The smallest absolute Gasteiger partial charge is 0.0771 e. The molecule has 4 heteroatoms. The summed E-state index contributed by atoms with van der Waals surface area (Å²) in [4.78, 5) is 0. The summed E-state index contributed by atoms with van der Waals surface area (Å²) in [7, 11) is 0. The molecule has 1 aliphatic rings. The van der Waals surface area contributed by atoms with Crippen LogP contribution in [0.3, 0.4) is 0 Å². The molecule has 1 fully saturated rings. The van der Waals surface area contributed by atoms with Gasteiger partial charge < -0.3 is 10.4 Å². The summed E-state index contributed by atoms with van der Waals surface area (Å²) in [5.74, 6) is 0. The van der Waals surface area contributed by atoms with E-state index in [1.807, 2.05) is 0 Å². The average molecular weight is 279 g/mol. The lowest BCUT2D eigenvalue weighted by Gasteiger charge is -2.27. The van der Waals surface area contributed by atoms with Crippen molar-refractivity contribution in [2.45, 2.75) is 77.5 Å². The molecule has 2 rings (SSSR count). The third kappa shape index (κ3) is 4.06. The predicted octanol–water partition coefficient (Wildman–Crippen LogP) is 2.64. The molecular formula is C16H29N3O. The van der Waals surface area contributed by atoms with Gasteiger partial charge in [0.2, 0.25) is 0 Å². The molecule has 1 heterocycles. The molecule has 114 valence electrons. The second-order valence-electron chi connectivity index (χ2n) is 6.04. The van der Waals surface area contributed by atoms with Crippen LogP contribution < -0.4 is 5.32 Å². The van der Waals surface area contributed by atoms with Crippen molar-refractivity contribution in [1.82, 2.24) is 15.1 Å². The zero-order chi connectivity index (χ0) is 14.4. The molecule has 2 N–H and O–H groups in total. The molecule has 0 aromatic carbocycles. The number of aliphatic hydroxyl groups is 1. The number of aryl methyl sites for hydroxylation is 2. The Morgan fingerprint density at radius 1 is 1.25 bits per heavy atom. The second kappa shape index (κ2) is 7.23. The predicted molar refractivity (Wildman–Crippen MR) is 81.6 cm³/mol. The fraction of sp³-hybridized carbons (Fsp3) is 0.812. The molecule has 0 aliphatic heterocycles. The molecule has 0 bridgehead atoms. The number of nitrogens with zero attached hydrogens (tertiary/aromatic N) is 2. The Bertz CT molecular complexity index is 406. The van der Waals surface area contributed by atoms with Crippen molar-refractivity contribution in [3.63, 3.8) is 0 Å². The molecule has 0 radical (unpaired) electrons. The molecule has 1 aromatic rings. The van der Waals surface area contributed by atoms with Gasteiger partial charge >= 0.3 is 0 Å². The summed E-state index contributed by atoms with van der Waals surface area (Å²) in [5.41, 5.74) is 1.87. The van der Waals surface area contributed by atoms with E-state index in [-0.39, 0.29) is 0 Å². The van der Waals surface area contributed by atoms with Gasteiger partial charge in [-0.25, -0.2) is 0 Å². The van der Waals surface area contributed by atoms with Gasteiger partial charge in [-0.3, -0.25) is 4.68 Å². The molecule has 0 saturated heterocycles. The van der Waals surface area contributed by atoms with Crippen LogP contribution in [0.15, 0.2) is 6.07 Å². The second-order valence-corrected chi connectivity index (χ2v) is 6.04. The molecule has 4 nitrogen and oxygen atoms in total. The minimum absolute atomic E-state index is 0.499. The van der Waals surface area contributed by atoms with E-state index in [1.54, 1.807) is 0 Å². The normalized spacial score (nSPS) is 18.9. The van der Waals surface area contributed by atoms with Crippen molar-refractivity contribution in [3.8, 4) is 0 Å². The summed E-state index contributed by atoms with van der Waals surface area (Å²) in [6.07, 6.45) is 7.70. The molecule has 0 amide bonds. The molecule has 0 unspecified atom stereocenters. The highest BCUT2D eigenvalue weighted by atomic mass is 16.3. The minimum Gasteiger partial charge on any atom is -0.389 e. The SMILES string of the molecule is CCc1cc(CNCC2(O)CCCCCC2)n(CC)n1. The summed E-state index contributed by atoms with van der Waals surface area (Å²) >= 11 is 0. The maximum absolute atomic E-state index is 10.6. The van der Waals surface area contributed by atoms with Crippen molar-refractivity contribution in [2.75, 3.05) is 6.54 Å². The van der Waals surface area contributed by atoms with Crippen LogP contribution in [-0.2, 0) is 19.5 Å². The summed E-state index contributed by atoms with van der Waals surface area (Å²) in [6.45, 7) is 6.65. The first-order valence-corrected chi connectivity index (χ1v) is 8.15. The molecule has 1 saturated carbocycles. The van der Waals surface area contributed by atoms with E-state index >= 15 is 0 Å². The van der Waals surface area contributed by atoms with Crippen molar-refractivity contribution >= 4 is 0 Å². The van der Waals surface area contributed by atoms with Gasteiger partial charge in [-0.1, -0.05) is 32.6 Å². The van der Waals surface area contributed by atoms with Gasteiger partial charge in [-0.15, -0.1) is 0 Å². The van der Waals surface area contributed by atoms with Gasteiger partial charge in [-0.2, -0.15) is 5.10 Å². The minimum atomic E-state index is -0.499. The molecule has 0 spiro atoms. The molecule has 20 heavy (non-hydrogen) atoms. The molecule has 1 aromatic heterocycles. The van der Waals surface area contributed by atoms with E-state index in [9.17, 15) is 5.11 Å². The fourth-order valence-electron chi connectivity index (χ4n) is 3.09. The van der Waals surface area contributed by atoms with Crippen LogP contribution in [0.5, 0.6) is 0 Å². The zero-order valence-corrected chi connectivity index (χ0v) is 13.0. The zero-order valence-electron chi connectivity index (χ0n) is 13.0. The maximum Gasteiger partial charge on any atom is 0.0771 e. The van der Waals surface area contributed by atoms with Crippen molar-refractivity contribution in [3.05, 3.63) is 17.5 Å². The van der Waals surface area contributed by atoms with Crippen LogP contribution in [0, 0.1) is 0 Å². The van der Waals surface area contributed by atoms with Crippen molar-refractivity contribution < 1.29 is 5.11 Å². The number of aromatic nitrogens is 2. The summed E-state index contributed by atoms with van der Waals surface area (Å²) < 4.78 is 2.06. The number of hydrogen-bond donors (Lipinski definition) is 2. The van der Waals surface area contributed by atoms with Crippen LogP contribution in [0.4, 0.5) is 0 Å². The lowest BCUT2D eigenvalue weighted by Crippen LogP contribution is -2.40. The Hall–Kier alpha value is -0.870. The number of rotatable bonds is 6. The van der Waals surface area contributed by atoms with Gasteiger partial charge in [0.1, 0.15) is 0 Å². The monoisotopic (exact) mass is 279 g/mol. The van der Waals surface area contributed by atoms with Crippen LogP contribution in [-0.4, -0.2) is 27.0 Å². The quantitative estimate of drug-likeness (QED) is 0.787. The molecular weight excluding hydrogens is 250 g/mol. The van der Waals surface area contributed by atoms with Gasteiger partial charge in [0.25, 0.3) is 0 Å². The Kier molecular flexibility index (Phi) is 5.61. The van der Waals surface area contributed by atoms with E-state index in [2.05, 4.69) is 35.0 Å². The third-order valence-corrected chi connectivity index (χ3v) is 4.37. The number of hydrogen-bond acceptors (Lipinski definition) is 3. The van der Waals surface area contributed by atoms with Crippen LogP contribution in [0.25, 0.3) is 0 Å². The first-order chi connectivity index (χ1) is 9.67. The average Bonchev–Trinajstić information content (AvgIpc) is 2.72. The van der Waals surface area contributed by atoms with E-state index in [0.717, 1.165) is 50.9 Å². The maximum atomic E-state index is 10.6. The Morgan fingerprint density at radius 3 is 2.55 bits per heavy atom. The van der Waals surface area contributed by atoms with Gasteiger partial charge in [0.05, 0.1) is 17.0 Å². The third-order valence-electron chi connectivity index (χ3n) is 4.37. The Labute approximate surface area is 122 Å². The van der Waals surface area contributed by atoms with E-state index in [1.165, 1.54) is 18.5 Å². The van der Waals surface area contributed by atoms with Gasteiger partial charge in [0, 0.05) is 19.6 Å². The van der Waals surface area contributed by atoms with Crippen LogP contribution in [0.1, 0.15) is 63.8 Å². The topological polar surface area (TPSA) is 50.1 Å². The lowest BCUT2D eigenvalue weighted by molar-refractivity contribution is 0.0249. The largest absolute Gasteiger partial charge is 0.389 e. The highest BCUT2D eigenvalue weighted by Gasteiger charge is 2.27. The number of nitrogens with one attached hydrogen (secondary N) is 1. The van der Waals surface area contributed by atoms with Crippen LogP contribution in [0.2, 0.25) is 0 Å². The molecule has 1 aliphatic carbocycles. The Morgan fingerprint density at radius 2 is 1.95 bits per heavy atom. The first-order valence-electron chi connectivity index (χ1n) is 8.15. The van der Waals surface area contributed by atoms with Crippen molar-refractivity contribution in [1.29, 1.82) is 0 Å². The van der Waals surface area contributed by atoms with Crippen LogP contribution >= 0.6 is 0 Å². The standard InChI is InChI=1S/C16H29N3O/c1-3-14-11-15(19(4-2)18-14)12-17-13-16(20)9-7-5-6-8-10-16/h11,17,20H,3-10,12-13H2,1-2H3. The first kappa shape index (κ1) is 15.5. The van der Waals surface area contributed by atoms with Crippen molar-refractivity contribution in [2.24, 2.45) is 0 Å². The summed E-state index contributed by atoms with van der Waals surface area (Å²) in [5, 5.41) is 18.6. The highest BCUT2D eigenvalue weighted by Crippen LogP contribution is 2.26. The lowest BCUT2D eigenvalue weighted by atomic mass is 9.94. The van der Waals surface area contributed by atoms with E-state index < -0.39 is 5.60 Å².